The Kier molecular flexibility index (Phi) is 8.16. The summed E-state index contributed by atoms with van der Waals surface area (Å²) in [6.45, 7) is 2.57. The van der Waals surface area contributed by atoms with Gasteiger partial charge in [-0.25, -0.2) is 5.84 Å². The van der Waals surface area contributed by atoms with E-state index in [1.54, 1.807) is 17.0 Å². The number of halogens is 3. The predicted molar refractivity (Wildman–Crippen MR) is 128 cm³/mol. The molecule has 0 radical (unpaired) electrons. The Labute approximate surface area is 208 Å². The maximum absolute atomic E-state index is 14.0. The van der Waals surface area contributed by atoms with Crippen LogP contribution < -0.4 is 16.3 Å². The Morgan fingerprint density at radius 2 is 1.91 bits per heavy atom. The van der Waals surface area contributed by atoms with Crippen LogP contribution in [0.4, 0.5) is 8.78 Å². The lowest BCUT2D eigenvalue weighted by Crippen LogP contribution is -2.46. The van der Waals surface area contributed by atoms with E-state index in [4.69, 9.17) is 27.9 Å². The zero-order valence-electron chi connectivity index (χ0n) is 20.2. The van der Waals surface area contributed by atoms with Gasteiger partial charge in [0, 0.05) is 31.1 Å². The molecule has 1 fully saturated rings. The third-order valence-electron chi connectivity index (χ3n) is 6.89. The van der Waals surface area contributed by atoms with Gasteiger partial charge in [-0.05, 0) is 43.9 Å². The third-order valence-corrected chi connectivity index (χ3v) is 7.24. The van der Waals surface area contributed by atoms with Crippen molar-refractivity contribution in [2.45, 2.75) is 57.9 Å². The number of carbonyl (C=O) groups excluding carboxylic acids is 1. The highest BCUT2D eigenvalue weighted by Gasteiger charge is 2.41. The van der Waals surface area contributed by atoms with Gasteiger partial charge in [-0.15, -0.1) is 0 Å². The topological polar surface area (TPSA) is 122 Å². The number of rotatable bonds is 7. The quantitative estimate of drug-likeness (QED) is 0.374. The van der Waals surface area contributed by atoms with E-state index in [1.807, 2.05) is 6.92 Å². The van der Waals surface area contributed by atoms with E-state index in [1.165, 1.54) is 7.05 Å². The summed E-state index contributed by atoms with van der Waals surface area (Å²) in [6.07, 6.45) is 3.08. The lowest BCUT2D eigenvalue weighted by Gasteiger charge is -2.40. The van der Waals surface area contributed by atoms with Crippen molar-refractivity contribution in [2.75, 3.05) is 20.2 Å². The Morgan fingerprint density at radius 3 is 2.49 bits per heavy atom. The summed E-state index contributed by atoms with van der Waals surface area (Å²) >= 11 is 6.44. The number of hydrogen-bond acceptors (Lipinski definition) is 6. The van der Waals surface area contributed by atoms with Crippen molar-refractivity contribution in [3.63, 3.8) is 0 Å². The number of benzene rings is 1. The van der Waals surface area contributed by atoms with Gasteiger partial charge in [0.1, 0.15) is 18.1 Å². The maximum Gasteiger partial charge on any atom is 0.307 e. The maximum atomic E-state index is 14.0. The number of nitrogens with two attached hydrogens (primary N) is 2. The number of hydrogen-bond donors (Lipinski definition) is 3. The summed E-state index contributed by atoms with van der Waals surface area (Å²) in [5.41, 5.74) is 6.61. The number of amides is 1. The molecule has 0 bridgehead atoms. The number of nitrogens with zero attached hydrogens (tertiary/aromatic N) is 2. The van der Waals surface area contributed by atoms with Crippen LogP contribution in [-0.2, 0) is 16.0 Å². The number of alkyl halides is 2. The first kappa shape index (κ1) is 27.0. The van der Waals surface area contributed by atoms with Gasteiger partial charge in [-0.3, -0.25) is 9.59 Å². The van der Waals surface area contributed by atoms with E-state index in [-0.39, 0.29) is 18.2 Å². The minimum atomic E-state index is -3.27. The molecule has 0 aromatic heterocycles. The van der Waals surface area contributed by atoms with E-state index < -0.39 is 35.5 Å². The van der Waals surface area contributed by atoms with Gasteiger partial charge in [0.2, 0.25) is 5.91 Å². The van der Waals surface area contributed by atoms with Crippen LogP contribution in [0.3, 0.4) is 0 Å². The fourth-order valence-electron chi connectivity index (χ4n) is 5.31. The van der Waals surface area contributed by atoms with Crippen molar-refractivity contribution in [1.82, 2.24) is 9.91 Å². The molecule has 3 atom stereocenters. The number of carboxylic acid groups (broad SMARTS) is 1. The number of allylic oxidation sites excluding steroid dienone is 1. The number of ether oxygens (including phenoxy) is 1. The molecule has 1 heterocycles. The Bertz CT molecular complexity index is 1010. The predicted octanol–water partition coefficient (Wildman–Crippen LogP) is 3.69. The van der Waals surface area contributed by atoms with Crippen LogP contribution in [0, 0.1) is 11.8 Å². The number of fused-ring (bicyclic) bond motifs is 1. The summed E-state index contributed by atoms with van der Waals surface area (Å²) in [7, 11) is 1.27. The van der Waals surface area contributed by atoms with Gasteiger partial charge in [0.15, 0.2) is 0 Å². The first-order valence-electron chi connectivity index (χ1n) is 11.7. The highest BCUT2D eigenvalue weighted by molar-refractivity contribution is 6.31. The van der Waals surface area contributed by atoms with Crippen molar-refractivity contribution >= 4 is 23.5 Å². The molecule has 3 unspecified atom stereocenters. The molecule has 0 spiro atoms. The third kappa shape index (κ3) is 5.64. The molecule has 194 valence electrons. The largest absolute Gasteiger partial charge is 0.487 e. The highest BCUT2D eigenvalue weighted by atomic mass is 35.5. The first-order chi connectivity index (χ1) is 16.3. The Balaban J connectivity index is 1.90. The summed E-state index contributed by atoms with van der Waals surface area (Å²) < 4.78 is 33.8. The number of carboxylic acids is 1. The minimum absolute atomic E-state index is 0.196. The van der Waals surface area contributed by atoms with Crippen molar-refractivity contribution in [3.8, 4) is 5.75 Å². The van der Waals surface area contributed by atoms with Gasteiger partial charge in [0.25, 0.3) is 5.92 Å². The molecule has 11 heteroatoms. The van der Waals surface area contributed by atoms with Crippen LogP contribution in [0.2, 0.25) is 5.02 Å². The van der Waals surface area contributed by atoms with Gasteiger partial charge in [0.05, 0.1) is 23.6 Å². The zero-order chi connectivity index (χ0) is 26.1. The second-order valence-corrected chi connectivity index (χ2v) is 9.80. The van der Waals surface area contributed by atoms with Crippen LogP contribution in [0.5, 0.6) is 5.75 Å². The van der Waals surface area contributed by atoms with Crippen molar-refractivity contribution in [2.24, 2.45) is 23.4 Å². The molecule has 2 aliphatic rings. The molecule has 1 amide bonds. The fraction of sp³-hybridized carbons (Fsp3) is 0.583. The average molecular weight is 515 g/mol. The number of hydrazine groups is 1. The van der Waals surface area contributed by atoms with Gasteiger partial charge in [-0.1, -0.05) is 24.4 Å². The van der Waals surface area contributed by atoms with Crippen LogP contribution in [0.15, 0.2) is 23.5 Å². The summed E-state index contributed by atoms with van der Waals surface area (Å²) in [5, 5.41) is 10.9. The van der Waals surface area contributed by atoms with E-state index in [0.717, 1.165) is 23.4 Å². The Morgan fingerprint density at radius 1 is 1.29 bits per heavy atom. The zero-order valence-corrected chi connectivity index (χ0v) is 20.9. The monoisotopic (exact) mass is 514 g/mol. The smallest absolute Gasteiger partial charge is 0.307 e. The van der Waals surface area contributed by atoms with E-state index in [2.05, 4.69) is 0 Å². The molecule has 8 nitrogen and oxygen atoms in total. The molecule has 1 aromatic rings. The summed E-state index contributed by atoms with van der Waals surface area (Å²) in [5.74, 6) is 0.228. The van der Waals surface area contributed by atoms with Crippen LogP contribution in [-0.4, -0.2) is 53.0 Å². The molecular weight excluding hydrogens is 482 g/mol. The van der Waals surface area contributed by atoms with E-state index >= 15 is 0 Å². The second kappa shape index (κ2) is 10.6. The number of carbonyl (C=O) groups is 2. The molecule has 1 aliphatic heterocycles. The minimum Gasteiger partial charge on any atom is -0.487 e. The van der Waals surface area contributed by atoms with Gasteiger partial charge >= 0.3 is 5.97 Å². The van der Waals surface area contributed by atoms with E-state index in [0.29, 0.717) is 49.1 Å². The van der Waals surface area contributed by atoms with Crippen molar-refractivity contribution in [3.05, 3.63) is 39.7 Å². The fourth-order valence-corrected chi connectivity index (χ4v) is 5.57. The molecule has 3 rings (SSSR count). The normalized spacial score (nSPS) is 23.3. The van der Waals surface area contributed by atoms with Gasteiger partial charge in [-0.2, -0.15) is 8.78 Å². The molecule has 35 heavy (non-hydrogen) atoms. The van der Waals surface area contributed by atoms with Crippen LogP contribution in [0.1, 0.15) is 56.7 Å². The highest BCUT2D eigenvalue weighted by Crippen LogP contribution is 2.42. The molecule has 1 saturated carbocycles. The van der Waals surface area contributed by atoms with E-state index in [9.17, 15) is 23.5 Å². The molecular formula is C24H33ClF2N4O4. The lowest BCUT2D eigenvalue weighted by atomic mass is 9.77. The van der Waals surface area contributed by atoms with Crippen LogP contribution >= 0.6 is 11.6 Å². The lowest BCUT2D eigenvalue weighted by molar-refractivity contribution is -0.153. The molecule has 0 saturated heterocycles. The summed E-state index contributed by atoms with van der Waals surface area (Å²) in [4.78, 5) is 26.9. The standard InChI is InChI=1S/C24H33ClF2N4O4/c1-13-20-16(10-11-31(13)22(32)14-6-4-5-7-15(14)23(33)34)17(25)8-9-19(20)35-12-18(28)21(30(3)29)24(2,26)27/h8-9,13-15H,4-7,10-12,28-29H2,1-3H3,(H,33,34)/b21-18-. The SMILES string of the molecule is CC1c2c(OC/C(N)=C(/N(C)N)C(C)(F)F)ccc(Cl)c2CCN1C(=O)C1CCCCC1C(=O)O. The van der Waals surface area contributed by atoms with Crippen molar-refractivity contribution in [1.29, 1.82) is 0 Å². The Hall–Kier alpha value is -2.59. The van der Waals surface area contributed by atoms with Crippen LogP contribution in [0.25, 0.3) is 0 Å². The summed E-state index contributed by atoms with van der Waals surface area (Å²) in [6, 6.07) is 2.83. The average Bonchev–Trinajstić information content (AvgIpc) is 2.77. The first-order valence-corrected chi connectivity index (χ1v) is 12.0. The second-order valence-electron chi connectivity index (χ2n) is 9.39. The molecule has 1 aromatic carbocycles. The van der Waals surface area contributed by atoms with Crippen molar-refractivity contribution < 1.29 is 28.2 Å². The van der Waals surface area contributed by atoms with Gasteiger partial charge < -0.3 is 25.5 Å². The number of aliphatic carboxylic acids is 1. The molecule has 1 aliphatic carbocycles. The molecule has 5 N–H and O–H groups in total.